The van der Waals surface area contributed by atoms with Gasteiger partial charge in [-0.05, 0) is 24.3 Å². The van der Waals surface area contributed by atoms with Crippen molar-refractivity contribution in [2.45, 2.75) is 0 Å². The Hall–Kier alpha value is -0.985. The summed E-state index contributed by atoms with van der Waals surface area (Å²) in [6, 6.07) is 5.81. The lowest BCUT2D eigenvalue weighted by Gasteiger charge is -1.96. The molecule has 0 amide bonds. The van der Waals surface area contributed by atoms with Gasteiger partial charge in [0.05, 0.1) is 0 Å². The van der Waals surface area contributed by atoms with Gasteiger partial charge < -0.3 is 5.23 Å². The van der Waals surface area contributed by atoms with Gasteiger partial charge >= 0.3 is 0 Å². The zero-order valence-corrected chi connectivity index (χ0v) is 4.76. The quantitative estimate of drug-likeness (QED) is 0.552. The summed E-state index contributed by atoms with van der Waals surface area (Å²) in [5, 5.41) is 2.39. The number of halogens is 1. The SMILES string of the molecule is [B]Nc1ccc(F)cc1. The van der Waals surface area contributed by atoms with Crippen LogP contribution in [0.3, 0.4) is 0 Å². The second kappa shape index (κ2) is 2.53. The van der Waals surface area contributed by atoms with Crippen molar-refractivity contribution in [1.29, 1.82) is 0 Å². The molecule has 0 atom stereocenters. The second-order valence-electron chi connectivity index (χ2n) is 1.65. The smallest absolute Gasteiger partial charge is 0.222 e. The number of anilines is 1. The van der Waals surface area contributed by atoms with Gasteiger partial charge in [0.25, 0.3) is 0 Å². The van der Waals surface area contributed by atoms with Crippen LogP contribution in [0.25, 0.3) is 0 Å². The molecular formula is C6H5BFN. The van der Waals surface area contributed by atoms with Crippen molar-refractivity contribution in [2.75, 3.05) is 5.23 Å². The summed E-state index contributed by atoms with van der Waals surface area (Å²) >= 11 is 0. The van der Waals surface area contributed by atoms with E-state index in [4.69, 9.17) is 7.98 Å². The highest BCUT2D eigenvalue weighted by Gasteiger charge is 1.86. The molecule has 0 aliphatic heterocycles. The summed E-state index contributed by atoms with van der Waals surface area (Å²) in [7, 11) is 5.03. The first-order valence-electron chi connectivity index (χ1n) is 2.55. The topological polar surface area (TPSA) is 12.0 Å². The summed E-state index contributed by atoms with van der Waals surface area (Å²) in [6.45, 7) is 0. The molecule has 3 heteroatoms. The van der Waals surface area contributed by atoms with Gasteiger partial charge in [-0.1, -0.05) is 0 Å². The van der Waals surface area contributed by atoms with Gasteiger partial charge in [0, 0.05) is 5.69 Å². The molecule has 0 unspecified atom stereocenters. The molecule has 0 aliphatic rings. The van der Waals surface area contributed by atoms with E-state index in [0.29, 0.717) is 5.69 Å². The predicted molar refractivity (Wildman–Crippen MR) is 35.8 cm³/mol. The largest absolute Gasteiger partial charge is 0.437 e. The van der Waals surface area contributed by atoms with Gasteiger partial charge in [-0.15, -0.1) is 0 Å². The summed E-state index contributed by atoms with van der Waals surface area (Å²) < 4.78 is 12.2. The molecule has 9 heavy (non-hydrogen) atoms. The predicted octanol–water partition coefficient (Wildman–Crippen LogP) is 1.32. The van der Waals surface area contributed by atoms with E-state index in [1.54, 1.807) is 12.1 Å². The van der Waals surface area contributed by atoms with Crippen molar-refractivity contribution in [3.8, 4) is 0 Å². The minimum absolute atomic E-state index is 0.256. The Balaban J connectivity index is 2.88. The summed E-state index contributed by atoms with van der Waals surface area (Å²) in [5.41, 5.74) is 0.705. The van der Waals surface area contributed by atoms with Crippen LogP contribution in [0, 0.1) is 5.82 Å². The average Bonchev–Trinajstić information content (AvgIpc) is 1.90. The molecule has 0 aromatic heterocycles. The molecule has 0 bridgehead atoms. The van der Waals surface area contributed by atoms with E-state index in [-0.39, 0.29) is 5.82 Å². The molecule has 0 saturated carbocycles. The molecule has 0 heterocycles. The lowest BCUT2D eigenvalue weighted by atomic mass is 10.3. The van der Waals surface area contributed by atoms with Gasteiger partial charge in [0.2, 0.25) is 7.98 Å². The van der Waals surface area contributed by atoms with Crippen molar-refractivity contribution in [3.63, 3.8) is 0 Å². The number of nitrogens with one attached hydrogen (secondary N) is 1. The van der Waals surface area contributed by atoms with Crippen molar-refractivity contribution in [3.05, 3.63) is 30.1 Å². The molecule has 44 valence electrons. The molecule has 1 rings (SSSR count). The van der Waals surface area contributed by atoms with Crippen LogP contribution in [0.5, 0.6) is 0 Å². The third kappa shape index (κ3) is 1.45. The van der Waals surface area contributed by atoms with Crippen molar-refractivity contribution >= 4 is 13.7 Å². The Morgan fingerprint density at radius 3 is 2.22 bits per heavy atom. The number of rotatable bonds is 1. The van der Waals surface area contributed by atoms with Crippen molar-refractivity contribution in [1.82, 2.24) is 0 Å². The molecule has 1 nitrogen and oxygen atoms in total. The molecule has 1 aromatic rings. The van der Waals surface area contributed by atoms with Gasteiger partial charge in [-0.2, -0.15) is 0 Å². The maximum absolute atomic E-state index is 12.2. The van der Waals surface area contributed by atoms with E-state index in [1.165, 1.54) is 12.1 Å². The molecule has 0 aliphatic carbocycles. The second-order valence-corrected chi connectivity index (χ2v) is 1.65. The third-order valence-electron chi connectivity index (χ3n) is 1.01. The minimum Gasteiger partial charge on any atom is -0.437 e. The highest BCUT2D eigenvalue weighted by Crippen LogP contribution is 2.05. The summed E-state index contributed by atoms with van der Waals surface area (Å²) in [6.07, 6.45) is 0. The van der Waals surface area contributed by atoms with E-state index in [0.717, 1.165) is 0 Å². The molecule has 0 fully saturated rings. The van der Waals surface area contributed by atoms with Crippen LogP contribution in [-0.2, 0) is 0 Å². The van der Waals surface area contributed by atoms with E-state index in [1.807, 2.05) is 0 Å². The fraction of sp³-hybridized carbons (Fsp3) is 0. The van der Waals surface area contributed by atoms with Crippen LogP contribution < -0.4 is 5.23 Å². The van der Waals surface area contributed by atoms with Crippen LogP contribution in [0.15, 0.2) is 24.3 Å². The molecule has 1 N–H and O–H groups in total. The first kappa shape index (κ1) is 6.14. The van der Waals surface area contributed by atoms with E-state index in [9.17, 15) is 4.39 Å². The van der Waals surface area contributed by atoms with E-state index in [2.05, 4.69) is 5.23 Å². The van der Waals surface area contributed by atoms with E-state index < -0.39 is 0 Å². The average molecular weight is 121 g/mol. The Morgan fingerprint density at radius 1 is 1.22 bits per heavy atom. The normalized spacial score (nSPS) is 9.00. The monoisotopic (exact) mass is 121 g/mol. The van der Waals surface area contributed by atoms with Gasteiger partial charge in [0.15, 0.2) is 0 Å². The fourth-order valence-electron chi connectivity index (χ4n) is 0.546. The first-order chi connectivity index (χ1) is 4.33. The minimum atomic E-state index is -0.256. The zero-order chi connectivity index (χ0) is 6.69. The van der Waals surface area contributed by atoms with Crippen LogP contribution in [0.2, 0.25) is 0 Å². The number of hydrogen-bond acceptors (Lipinski definition) is 1. The highest BCUT2D eigenvalue weighted by molar-refractivity contribution is 6.15. The molecule has 1 aromatic carbocycles. The van der Waals surface area contributed by atoms with E-state index >= 15 is 0 Å². The highest BCUT2D eigenvalue weighted by atomic mass is 19.1. The number of hydrogen-bond donors (Lipinski definition) is 1. The summed E-state index contributed by atoms with van der Waals surface area (Å²) in [4.78, 5) is 0. The Morgan fingerprint density at radius 2 is 1.78 bits per heavy atom. The van der Waals surface area contributed by atoms with Crippen molar-refractivity contribution in [2.24, 2.45) is 0 Å². The molecule has 0 saturated heterocycles. The van der Waals surface area contributed by atoms with Gasteiger partial charge in [-0.3, -0.25) is 0 Å². The van der Waals surface area contributed by atoms with Crippen LogP contribution in [-0.4, -0.2) is 7.98 Å². The van der Waals surface area contributed by atoms with Crippen LogP contribution in [0.1, 0.15) is 0 Å². The maximum Gasteiger partial charge on any atom is 0.222 e. The Kier molecular flexibility index (Phi) is 1.73. The zero-order valence-electron chi connectivity index (χ0n) is 4.76. The standard InChI is InChI=1S/C6H5BFN/c7-9-6-3-1-5(8)2-4-6/h1-4,9H. The first-order valence-corrected chi connectivity index (χ1v) is 2.55. The maximum atomic E-state index is 12.2. The van der Waals surface area contributed by atoms with Gasteiger partial charge in [0.1, 0.15) is 5.82 Å². The summed E-state index contributed by atoms with van der Waals surface area (Å²) in [5.74, 6) is -0.256. The third-order valence-corrected chi connectivity index (χ3v) is 1.01. The Bertz CT molecular complexity index is 185. The lowest BCUT2D eigenvalue weighted by molar-refractivity contribution is 0.628. The van der Waals surface area contributed by atoms with Crippen LogP contribution in [0.4, 0.5) is 10.1 Å². The lowest BCUT2D eigenvalue weighted by Crippen LogP contribution is -1.88. The molecule has 2 radical (unpaired) electrons. The van der Waals surface area contributed by atoms with Crippen molar-refractivity contribution < 1.29 is 4.39 Å². The number of benzene rings is 1. The Labute approximate surface area is 54.3 Å². The van der Waals surface area contributed by atoms with Gasteiger partial charge in [-0.25, -0.2) is 4.39 Å². The van der Waals surface area contributed by atoms with Crippen LogP contribution >= 0.6 is 0 Å². The fourth-order valence-corrected chi connectivity index (χ4v) is 0.546. The molecule has 0 spiro atoms. The molecular weight excluding hydrogens is 116 g/mol.